The standard InChI is InChI=1S/C19H19ClN2O4S/c1-11(15-9-12-8-13(20)4-6-16(12)22-19(15)23)21-14-5-7-18(27(3,24)25)17(10-14)26-2/h4-11,21H,1-3H3,(H,22,23)/t11-/m0/s1. The van der Waals surface area contributed by atoms with Gasteiger partial charge in [-0.15, -0.1) is 0 Å². The zero-order valence-corrected chi connectivity index (χ0v) is 16.6. The van der Waals surface area contributed by atoms with Crippen molar-refractivity contribution in [2.45, 2.75) is 17.9 Å². The molecule has 6 nitrogen and oxygen atoms in total. The Kier molecular flexibility index (Phi) is 5.17. The molecule has 0 amide bonds. The lowest BCUT2D eigenvalue weighted by atomic mass is 10.1. The van der Waals surface area contributed by atoms with Crippen LogP contribution in [0, 0.1) is 0 Å². The zero-order valence-electron chi connectivity index (χ0n) is 15.0. The molecule has 3 rings (SSSR count). The molecular weight excluding hydrogens is 388 g/mol. The van der Waals surface area contributed by atoms with Gasteiger partial charge in [-0.05, 0) is 43.3 Å². The first-order chi connectivity index (χ1) is 12.7. The SMILES string of the molecule is COc1cc(N[C@@H](C)c2cc3cc(Cl)ccc3[nH]c2=O)ccc1S(C)(=O)=O. The van der Waals surface area contributed by atoms with E-state index in [4.69, 9.17) is 16.3 Å². The number of aromatic amines is 1. The third kappa shape index (κ3) is 4.09. The number of ether oxygens (including phenoxy) is 1. The van der Waals surface area contributed by atoms with Crippen LogP contribution in [0.5, 0.6) is 5.75 Å². The quantitative estimate of drug-likeness (QED) is 0.673. The normalized spacial score (nSPS) is 12.7. The molecule has 0 radical (unpaired) electrons. The maximum atomic E-state index is 12.4. The second kappa shape index (κ2) is 7.25. The maximum absolute atomic E-state index is 12.4. The number of methoxy groups -OCH3 is 1. The van der Waals surface area contributed by atoms with Crippen molar-refractivity contribution in [3.63, 3.8) is 0 Å². The van der Waals surface area contributed by atoms with E-state index in [-0.39, 0.29) is 22.2 Å². The molecule has 142 valence electrons. The van der Waals surface area contributed by atoms with E-state index in [1.54, 1.807) is 36.4 Å². The molecule has 3 aromatic rings. The minimum absolute atomic E-state index is 0.112. The van der Waals surface area contributed by atoms with E-state index in [9.17, 15) is 13.2 Å². The highest BCUT2D eigenvalue weighted by atomic mass is 35.5. The highest BCUT2D eigenvalue weighted by Crippen LogP contribution is 2.29. The molecule has 1 atom stereocenters. The van der Waals surface area contributed by atoms with Gasteiger partial charge in [0.2, 0.25) is 0 Å². The zero-order chi connectivity index (χ0) is 19.8. The number of anilines is 1. The van der Waals surface area contributed by atoms with Crippen molar-refractivity contribution >= 4 is 38.0 Å². The van der Waals surface area contributed by atoms with Crippen molar-refractivity contribution in [1.82, 2.24) is 4.98 Å². The molecule has 0 saturated heterocycles. The van der Waals surface area contributed by atoms with Crippen LogP contribution < -0.4 is 15.6 Å². The van der Waals surface area contributed by atoms with Crippen molar-refractivity contribution in [2.75, 3.05) is 18.7 Å². The first kappa shape index (κ1) is 19.3. The lowest BCUT2D eigenvalue weighted by Crippen LogP contribution is -2.19. The van der Waals surface area contributed by atoms with Gasteiger partial charge in [-0.25, -0.2) is 8.42 Å². The second-order valence-corrected chi connectivity index (χ2v) is 8.71. The summed E-state index contributed by atoms with van der Waals surface area (Å²) in [6.07, 6.45) is 1.13. The van der Waals surface area contributed by atoms with Crippen LogP contribution in [0.4, 0.5) is 5.69 Å². The summed E-state index contributed by atoms with van der Waals surface area (Å²) in [5, 5.41) is 4.62. The largest absolute Gasteiger partial charge is 0.495 e. The Morgan fingerprint density at radius 2 is 1.89 bits per heavy atom. The van der Waals surface area contributed by atoms with Crippen LogP contribution in [0.2, 0.25) is 5.02 Å². The molecule has 0 spiro atoms. The van der Waals surface area contributed by atoms with Crippen LogP contribution in [-0.2, 0) is 9.84 Å². The van der Waals surface area contributed by atoms with E-state index >= 15 is 0 Å². The predicted molar refractivity (Wildman–Crippen MR) is 108 cm³/mol. The molecule has 0 saturated carbocycles. The van der Waals surface area contributed by atoms with Crippen molar-refractivity contribution in [3.05, 3.63) is 63.4 Å². The van der Waals surface area contributed by atoms with Gasteiger partial charge in [-0.3, -0.25) is 4.79 Å². The monoisotopic (exact) mass is 406 g/mol. The second-order valence-electron chi connectivity index (χ2n) is 6.29. The van der Waals surface area contributed by atoms with Crippen LogP contribution >= 0.6 is 11.6 Å². The van der Waals surface area contributed by atoms with Crippen molar-refractivity contribution in [2.24, 2.45) is 0 Å². The number of hydrogen-bond donors (Lipinski definition) is 2. The van der Waals surface area contributed by atoms with Gasteiger partial charge in [0.05, 0.1) is 13.2 Å². The summed E-state index contributed by atoms with van der Waals surface area (Å²) in [4.78, 5) is 15.4. The molecule has 27 heavy (non-hydrogen) atoms. The maximum Gasteiger partial charge on any atom is 0.253 e. The Hall–Kier alpha value is -2.51. The Morgan fingerprint density at radius 1 is 1.15 bits per heavy atom. The number of aromatic nitrogens is 1. The predicted octanol–water partition coefficient (Wildman–Crippen LogP) is 3.77. The molecule has 2 N–H and O–H groups in total. The van der Waals surface area contributed by atoms with Crippen LogP contribution in [0.3, 0.4) is 0 Å². The van der Waals surface area contributed by atoms with Gasteiger partial charge in [-0.2, -0.15) is 0 Å². The van der Waals surface area contributed by atoms with Crippen LogP contribution in [0.25, 0.3) is 10.9 Å². The first-order valence-corrected chi connectivity index (χ1v) is 10.4. The minimum atomic E-state index is -3.40. The number of nitrogens with one attached hydrogen (secondary N) is 2. The summed E-state index contributed by atoms with van der Waals surface area (Å²) >= 11 is 6.03. The summed E-state index contributed by atoms with van der Waals surface area (Å²) in [6, 6.07) is 11.4. The topological polar surface area (TPSA) is 88.3 Å². The number of fused-ring (bicyclic) bond motifs is 1. The summed E-state index contributed by atoms with van der Waals surface area (Å²) < 4.78 is 28.8. The Morgan fingerprint density at radius 3 is 2.56 bits per heavy atom. The molecule has 0 unspecified atom stereocenters. The smallest absolute Gasteiger partial charge is 0.253 e. The van der Waals surface area contributed by atoms with E-state index < -0.39 is 9.84 Å². The molecular formula is C19H19ClN2O4S. The molecule has 0 aliphatic rings. The lowest BCUT2D eigenvalue weighted by Gasteiger charge is -2.17. The number of hydrogen-bond acceptors (Lipinski definition) is 5. The molecule has 8 heteroatoms. The Balaban J connectivity index is 1.96. The van der Waals surface area contributed by atoms with E-state index in [0.717, 1.165) is 11.6 Å². The lowest BCUT2D eigenvalue weighted by molar-refractivity contribution is 0.403. The summed E-state index contributed by atoms with van der Waals surface area (Å²) in [7, 11) is -1.99. The van der Waals surface area contributed by atoms with Crippen molar-refractivity contribution < 1.29 is 13.2 Å². The van der Waals surface area contributed by atoms with Crippen LogP contribution in [0.15, 0.2) is 52.2 Å². The van der Waals surface area contributed by atoms with Gasteiger partial charge in [0.25, 0.3) is 5.56 Å². The number of H-pyrrole nitrogens is 1. The number of pyridine rings is 1. The Bertz CT molecular complexity index is 1170. The van der Waals surface area contributed by atoms with Crippen LogP contribution in [0.1, 0.15) is 18.5 Å². The van der Waals surface area contributed by atoms with Gasteiger partial charge < -0.3 is 15.0 Å². The summed E-state index contributed by atoms with van der Waals surface area (Å²) in [5.41, 5.74) is 1.68. The van der Waals surface area contributed by atoms with Crippen LogP contribution in [-0.4, -0.2) is 26.8 Å². The summed E-state index contributed by atoms with van der Waals surface area (Å²) in [6.45, 7) is 1.85. The third-order valence-electron chi connectivity index (χ3n) is 4.25. The highest BCUT2D eigenvalue weighted by Gasteiger charge is 2.16. The molecule has 2 aromatic carbocycles. The van der Waals surface area contributed by atoms with Gasteiger partial charge in [0.15, 0.2) is 9.84 Å². The number of halogens is 1. The number of benzene rings is 2. The fraction of sp³-hybridized carbons (Fsp3) is 0.211. The average Bonchev–Trinajstić information content (AvgIpc) is 2.60. The highest BCUT2D eigenvalue weighted by molar-refractivity contribution is 7.90. The number of sulfone groups is 1. The third-order valence-corrected chi connectivity index (χ3v) is 5.62. The van der Waals surface area contributed by atoms with E-state index in [1.807, 2.05) is 6.92 Å². The average molecular weight is 407 g/mol. The van der Waals surface area contributed by atoms with Crippen molar-refractivity contribution in [3.8, 4) is 5.75 Å². The fourth-order valence-electron chi connectivity index (χ4n) is 2.91. The summed E-state index contributed by atoms with van der Waals surface area (Å²) in [5.74, 6) is 0.244. The Labute approximate surface area is 162 Å². The van der Waals surface area contributed by atoms with Gasteiger partial charge in [0.1, 0.15) is 10.6 Å². The fourth-order valence-corrected chi connectivity index (χ4v) is 3.91. The van der Waals surface area contributed by atoms with E-state index in [2.05, 4.69) is 10.3 Å². The molecule has 1 heterocycles. The van der Waals surface area contributed by atoms with Crippen molar-refractivity contribution in [1.29, 1.82) is 0 Å². The molecule has 0 bridgehead atoms. The number of rotatable bonds is 5. The van der Waals surface area contributed by atoms with Gasteiger partial charge >= 0.3 is 0 Å². The molecule has 0 aliphatic carbocycles. The molecule has 1 aromatic heterocycles. The van der Waals surface area contributed by atoms with E-state index in [0.29, 0.717) is 21.8 Å². The first-order valence-electron chi connectivity index (χ1n) is 8.16. The molecule has 0 aliphatic heterocycles. The van der Waals surface area contributed by atoms with Gasteiger partial charge in [-0.1, -0.05) is 11.6 Å². The minimum Gasteiger partial charge on any atom is -0.495 e. The van der Waals surface area contributed by atoms with E-state index in [1.165, 1.54) is 13.2 Å². The van der Waals surface area contributed by atoms with Gasteiger partial charge in [0, 0.05) is 39.5 Å². The molecule has 0 fully saturated rings.